The van der Waals surface area contributed by atoms with Crippen molar-refractivity contribution >= 4 is 5.71 Å². The molecule has 0 spiro atoms. The number of oxime groups is 1. The highest BCUT2D eigenvalue weighted by Crippen LogP contribution is 2.20. The molecule has 0 fully saturated rings. The van der Waals surface area contributed by atoms with Crippen LogP contribution in [0.5, 0.6) is 0 Å². The van der Waals surface area contributed by atoms with Crippen molar-refractivity contribution in [2.45, 2.75) is 32.6 Å². The second-order valence-electron chi connectivity index (χ2n) is 4.95. The Labute approximate surface area is 120 Å². The highest BCUT2D eigenvalue weighted by Gasteiger charge is 2.05. The number of nitrogens with zero attached hydrogens (tertiary/aromatic N) is 1. The van der Waals surface area contributed by atoms with E-state index in [-0.39, 0.29) is 0 Å². The lowest BCUT2D eigenvalue weighted by Gasteiger charge is -2.06. The molecule has 2 aromatic carbocycles. The molecule has 0 aliphatic heterocycles. The van der Waals surface area contributed by atoms with Gasteiger partial charge in [0.05, 0.1) is 5.71 Å². The summed E-state index contributed by atoms with van der Waals surface area (Å²) in [5.41, 5.74) is 4.16. The molecule has 0 aromatic heterocycles. The Morgan fingerprint density at radius 2 is 1.55 bits per heavy atom. The van der Waals surface area contributed by atoms with Crippen molar-refractivity contribution in [3.63, 3.8) is 0 Å². The van der Waals surface area contributed by atoms with E-state index in [1.54, 1.807) is 0 Å². The van der Waals surface area contributed by atoms with Gasteiger partial charge in [-0.2, -0.15) is 0 Å². The summed E-state index contributed by atoms with van der Waals surface area (Å²) >= 11 is 0. The number of hydrogen-bond donors (Lipinski definition) is 1. The Kier molecular flexibility index (Phi) is 5.36. The zero-order valence-corrected chi connectivity index (χ0v) is 11.9. The van der Waals surface area contributed by atoms with Crippen molar-refractivity contribution < 1.29 is 5.21 Å². The molecule has 0 atom stereocenters. The maximum atomic E-state index is 9.15. The first kappa shape index (κ1) is 14.3. The molecule has 0 unspecified atom stereocenters. The molecule has 0 amide bonds. The van der Waals surface area contributed by atoms with Crippen LogP contribution in [0.4, 0.5) is 0 Å². The Bertz CT molecular complexity index is 543. The number of hydrogen-bond acceptors (Lipinski definition) is 2. The zero-order valence-electron chi connectivity index (χ0n) is 11.9. The number of unbranched alkanes of at least 4 members (excludes halogenated alkanes) is 2. The quantitative estimate of drug-likeness (QED) is 0.335. The maximum absolute atomic E-state index is 9.15. The van der Waals surface area contributed by atoms with Gasteiger partial charge in [-0.3, -0.25) is 0 Å². The van der Waals surface area contributed by atoms with E-state index in [0.29, 0.717) is 0 Å². The van der Waals surface area contributed by atoms with E-state index >= 15 is 0 Å². The Morgan fingerprint density at radius 1 is 0.900 bits per heavy atom. The summed E-state index contributed by atoms with van der Waals surface area (Å²) in [6.07, 6.45) is 4.23. The van der Waals surface area contributed by atoms with Gasteiger partial charge in [-0.25, -0.2) is 0 Å². The van der Waals surface area contributed by atoms with E-state index in [1.807, 2.05) is 30.3 Å². The minimum atomic E-state index is 0.776. The largest absolute Gasteiger partial charge is 0.411 e. The van der Waals surface area contributed by atoms with Crippen LogP contribution < -0.4 is 0 Å². The molecule has 2 aromatic rings. The van der Waals surface area contributed by atoms with Crippen molar-refractivity contribution in [3.8, 4) is 11.1 Å². The predicted octanol–water partition coefficient (Wildman–Crippen LogP) is 5.11. The van der Waals surface area contributed by atoms with Crippen LogP contribution in [0, 0.1) is 0 Å². The molecule has 0 bridgehead atoms. The van der Waals surface area contributed by atoms with Crippen LogP contribution in [0.15, 0.2) is 59.8 Å². The van der Waals surface area contributed by atoms with Gasteiger partial charge in [-0.1, -0.05) is 79.5 Å². The topological polar surface area (TPSA) is 32.6 Å². The van der Waals surface area contributed by atoms with Crippen LogP contribution in [0.25, 0.3) is 11.1 Å². The molecule has 2 rings (SSSR count). The minimum Gasteiger partial charge on any atom is -0.411 e. The Hall–Kier alpha value is -2.09. The van der Waals surface area contributed by atoms with Gasteiger partial charge in [0.15, 0.2) is 0 Å². The molecular formula is C18H21NO. The summed E-state index contributed by atoms with van der Waals surface area (Å²) in [5, 5.41) is 12.6. The summed E-state index contributed by atoms with van der Waals surface area (Å²) in [6, 6.07) is 18.5. The van der Waals surface area contributed by atoms with Gasteiger partial charge in [0.2, 0.25) is 0 Å². The van der Waals surface area contributed by atoms with Gasteiger partial charge in [0, 0.05) is 0 Å². The van der Waals surface area contributed by atoms with Gasteiger partial charge in [0.25, 0.3) is 0 Å². The van der Waals surface area contributed by atoms with Gasteiger partial charge in [-0.05, 0) is 29.5 Å². The van der Waals surface area contributed by atoms with Gasteiger partial charge in [-0.15, -0.1) is 0 Å². The Morgan fingerprint density at radius 3 is 2.15 bits per heavy atom. The van der Waals surface area contributed by atoms with Crippen LogP contribution in [-0.4, -0.2) is 10.9 Å². The number of benzene rings is 2. The second-order valence-corrected chi connectivity index (χ2v) is 4.95. The van der Waals surface area contributed by atoms with Crippen LogP contribution in [-0.2, 0) is 0 Å². The van der Waals surface area contributed by atoms with Crippen molar-refractivity contribution in [1.29, 1.82) is 0 Å². The molecule has 0 heterocycles. The van der Waals surface area contributed by atoms with E-state index in [0.717, 1.165) is 24.1 Å². The zero-order chi connectivity index (χ0) is 14.2. The third-order valence-corrected chi connectivity index (χ3v) is 3.46. The number of rotatable bonds is 6. The smallest absolute Gasteiger partial charge is 0.0867 e. The third kappa shape index (κ3) is 3.70. The fraction of sp³-hybridized carbons (Fsp3) is 0.278. The van der Waals surface area contributed by atoms with Gasteiger partial charge in [0.1, 0.15) is 0 Å². The van der Waals surface area contributed by atoms with E-state index in [2.05, 4.69) is 36.3 Å². The normalized spacial score (nSPS) is 11.6. The van der Waals surface area contributed by atoms with Crippen LogP contribution in [0.3, 0.4) is 0 Å². The highest BCUT2D eigenvalue weighted by molar-refractivity contribution is 6.00. The van der Waals surface area contributed by atoms with Crippen LogP contribution >= 0.6 is 0 Å². The lowest BCUT2D eigenvalue weighted by atomic mass is 10.00. The first-order chi connectivity index (χ1) is 9.85. The average molecular weight is 267 g/mol. The first-order valence-corrected chi connectivity index (χ1v) is 7.22. The van der Waals surface area contributed by atoms with Gasteiger partial charge < -0.3 is 5.21 Å². The lowest BCUT2D eigenvalue weighted by Crippen LogP contribution is -2.01. The van der Waals surface area contributed by atoms with Crippen molar-refractivity contribution in [2.24, 2.45) is 5.16 Å². The molecule has 0 aliphatic rings. The summed E-state index contributed by atoms with van der Waals surface area (Å²) in [4.78, 5) is 0. The minimum absolute atomic E-state index is 0.776. The van der Waals surface area contributed by atoms with Crippen LogP contribution in [0.1, 0.15) is 38.2 Å². The standard InChI is InChI=1S/C18H21NO/c1-2-3-5-10-18(19-20)17-13-11-16(12-14-17)15-8-6-4-7-9-15/h4,6-9,11-14,20H,2-3,5,10H2,1H3/b19-18+. The van der Waals surface area contributed by atoms with Crippen LogP contribution in [0.2, 0.25) is 0 Å². The van der Waals surface area contributed by atoms with Crippen molar-refractivity contribution in [1.82, 2.24) is 0 Å². The predicted molar refractivity (Wildman–Crippen MR) is 84.3 cm³/mol. The summed E-state index contributed by atoms with van der Waals surface area (Å²) in [7, 11) is 0. The lowest BCUT2D eigenvalue weighted by molar-refractivity contribution is 0.317. The molecule has 0 saturated heterocycles. The SMILES string of the molecule is CCCCC/C(=N\O)c1ccc(-c2ccccc2)cc1. The highest BCUT2D eigenvalue weighted by atomic mass is 16.4. The fourth-order valence-corrected chi connectivity index (χ4v) is 2.28. The van der Waals surface area contributed by atoms with Crippen molar-refractivity contribution in [2.75, 3.05) is 0 Å². The molecule has 2 nitrogen and oxygen atoms in total. The van der Waals surface area contributed by atoms with E-state index < -0.39 is 0 Å². The summed E-state index contributed by atoms with van der Waals surface area (Å²) in [6.45, 7) is 2.17. The third-order valence-electron chi connectivity index (χ3n) is 3.46. The van der Waals surface area contributed by atoms with E-state index in [4.69, 9.17) is 5.21 Å². The average Bonchev–Trinajstić information content (AvgIpc) is 2.53. The molecule has 0 aliphatic carbocycles. The maximum Gasteiger partial charge on any atom is 0.0867 e. The monoisotopic (exact) mass is 267 g/mol. The summed E-state index contributed by atoms with van der Waals surface area (Å²) < 4.78 is 0. The molecule has 1 N–H and O–H groups in total. The van der Waals surface area contributed by atoms with Crippen molar-refractivity contribution in [3.05, 3.63) is 60.2 Å². The van der Waals surface area contributed by atoms with Gasteiger partial charge >= 0.3 is 0 Å². The Balaban J connectivity index is 2.11. The summed E-state index contributed by atoms with van der Waals surface area (Å²) in [5.74, 6) is 0. The second kappa shape index (κ2) is 7.49. The van der Waals surface area contributed by atoms with E-state index in [1.165, 1.54) is 24.0 Å². The molecule has 0 radical (unpaired) electrons. The van der Waals surface area contributed by atoms with E-state index in [9.17, 15) is 0 Å². The molecule has 0 saturated carbocycles. The first-order valence-electron chi connectivity index (χ1n) is 7.22. The molecule has 20 heavy (non-hydrogen) atoms. The molecule has 2 heteroatoms. The molecular weight excluding hydrogens is 246 g/mol. The molecule has 104 valence electrons. The fourth-order valence-electron chi connectivity index (χ4n) is 2.28.